The summed E-state index contributed by atoms with van der Waals surface area (Å²) in [5.41, 5.74) is 6.71. The zero-order valence-electron chi connectivity index (χ0n) is 12.8. The van der Waals surface area contributed by atoms with E-state index in [0.29, 0.717) is 5.41 Å². The van der Waals surface area contributed by atoms with Gasteiger partial charge in [0.25, 0.3) is 0 Å². The van der Waals surface area contributed by atoms with Gasteiger partial charge in [-0.3, -0.25) is 0 Å². The monoisotopic (exact) mass is 253 g/mol. The Morgan fingerprint density at radius 1 is 0.944 bits per heavy atom. The summed E-state index contributed by atoms with van der Waals surface area (Å²) in [6.07, 6.45) is 17.0. The molecule has 0 bridgehead atoms. The molecule has 1 fully saturated rings. The fourth-order valence-electron chi connectivity index (χ4n) is 3.98. The lowest BCUT2D eigenvalue weighted by molar-refractivity contribution is 0.0702. The van der Waals surface area contributed by atoms with Crippen LogP contribution >= 0.6 is 0 Å². The highest BCUT2D eigenvalue weighted by Crippen LogP contribution is 2.48. The summed E-state index contributed by atoms with van der Waals surface area (Å²) in [6.45, 7) is 5.55. The lowest BCUT2D eigenvalue weighted by Crippen LogP contribution is -2.38. The van der Waals surface area contributed by atoms with Crippen LogP contribution in [0.3, 0.4) is 0 Å². The van der Waals surface area contributed by atoms with Crippen LogP contribution in [0, 0.1) is 11.3 Å². The van der Waals surface area contributed by atoms with Gasteiger partial charge >= 0.3 is 0 Å². The molecule has 0 aromatic carbocycles. The summed E-state index contributed by atoms with van der Waals surface area (Å²) in [5, 5.41) is 0. The van der Waals surface area contributed by atoms with Crippen molar-refractivity contribution in [2.24, 2.45) is 17.1 Å². The first-order valence-electron chi connectivity index (χ1n) is 8.49. The molecule has 1 nitrogen and oxygen atoms in total. The molecular weight excluding hydrogens is 218 g/mol. The number of hydrogen-bond donors (Lipinski definition) is 1. The second-order valence-corrected chi connectivity index (χ2v) is 6.45. The van der Waals surface area contributed by atoms with Gasteiger partial charge in [0.15, 0.2) is 0 Å². The summed E-state index contributed by atoms with van der Waals surface area (Å²) in [4.78, 5) is 0. The van der Waals surface area contributed by atoms with Crippen LogP contribution in [-0.4, -0.2) is 6.54 Å². The Balaban J connectivity index is 2.57. The molecule has 1 rings (SSSR count). The van der Waals surface area contributed by atoms with Gasteiger partial charge in [-0.2, -0.15) is 0 Å². The van der Waals surface area contributed by atoms with Gasteiger partial charge in [-0.1, -0.05) is 65.2 Å². The second-order valence-electron chi connectivity index (χ2n) is 6.45. The molecule has 1 unspecified atom stereocenters. The average Bonchev–Trinajstić information content (AvgIpc) is 2.40. The Morgan fingerprint density at radius 2 is 1.56 bits per heavy atom. The van der Waals surface area contributed by atoms with Crippen LogP contribution in [0.25, 0.3) is 0 Å². The van der Waals surface area contributed by atoms with E-state index in [1.165, 1.54) is 77.0 Å². The molecule has 0 amide bonds. The molecule has 0 aliphatic heterocycles. The molecule has 1 aliphatic carbocycles. The van der Waals surface area contributed by atoms with E-state index in [9.17, 15) is 0 Å². The first-order valence-corrected chi connectivity index (χ1v) is 8.49. The van der Waals surface area contributed by atoms with Gasteiger partial charge in [0, 0.05) is 0 Å². The quantitative estimate of drug-likeness (QED) is 0.556. The highest BCUT2D eigenvalue weighted by atomic mass is 14.6. The predicted molar refractivity (Wildman–Crippen MR) is 81.7 cm³/mol. The van der Waals surface area contributed by atoms with E-state index >= 15 is 0 Å². The van der Waals surface area contributed by atoms with E-state index in [2.05, 4.69) is 13.8 Å². The highest BCUT2D eigenvalue weighted by Gasteiger charge is 2.38. The number of nitrogens with two attached hydrogens (primary N) is 1. The van der Waals surface area contributed by atoms with Gasteiger partial charge in [-0.25, -0.2) is 0 Å². The Labute approximate surface area is 115 Å². The van der Waals surface area contributed by atoms with Crippen LogP contribution in [0.2, 0.25) is 0 Å². The van der Waals surface area contributed by atoms with Crippen LogP contribution < -0.4 is 5.73 Å². The van der Waals surface area contributed by atoms with E-state index in [0.717, 1.165) is 12.5 Å². The SMILES string of the molecule is CCCCCC1(CCCCC)CCCCC1CN. The number of unbranched alkanes of at least 4 members (excludes halogenated alkanes) is 4. The Kier molecular flexibility index (Phi) is 7.97. The fraction of sp³-hybridized carbons (Fsp3) is 1.00. The Hall–Kier alpha value is -0.0400. The van der Waals surface area contributed by atoms with Gasteiger partial charge < -0.3 is 5.73 Å². The molecule has 0 spiro atoms. The maximum absolute atomic E-state index is 6.09. The van der Waals surface area contributed by atoms with Gasteiger partial charge in [0.1, 0.15) is 0 Å². The highest BCUT2D eigenvalue weighted by molar-refractivity contribution is 4.90. The van der Waals surface area contributed by atoms with Gasteiger partial charge in [0.05, 0.1) is 0 Å². The number of rotatable bonds is 9. The normalized spacial score (nSPS) is 23.2. The molecule has 0 heterocycles. The third-order valence-corrected chi connectivity index (χ3v) is 5.18. The van der Waals surface area contributed by atoms with Crippen molar-refractivity contribution in [1.29, 1.82) is 0 Å². The van der Waals surface area contributed by atoms with Crippen LogP contribution in [0.1, 0.15) is 90.9 Å². The van der Waals surface area contributed by atoms with Crippen molar-refractivity contribution in [2.75, 3.05) is 6.54 Å². The van der Waals surface area contributed by atoms with Crippen LogP contribution in [0.4, 0.5) is 0 Å². The van der Waals surface area contributed by atoms with Crippen molar-refractivity contribution in [3.63, 3.8) is 0 Å². The van der Waals surface area contributed by atoms with Gasteiger partial charge in [-0.15, -0.1) is 0 Å². The van der Waals surface area contributed by atoms with Gasteiger partial charge in [-0.05, 0) is 43.6 Å². The maximum atomic E-state index is 6.09. The standard InChI is InChI=1S/C17H35N/c1-3-5-8-12-17(13-9-6-4-2)14-10-7-11-16(17)15-18/h16H,3-15,18H2,1-2H3. The molecular formula is C17H35N. The average molecular weight is 253 g/mol. The summed E-state index contributed by atoms with van der Waals surface area (Å²) in [7, 11) is 0. The predicted octanol–water partition coefficient (Wildman–Crippen LogP) is 5.28. The molecule has 18 heavy (non-hydrogen) atoms. The topological polar surface area (TPSA) is 26.0 Å². The van der Waals surface area contributed by atoms with Crippen molar-refractivity contribution in [2.45, 2.75) is 90.9 Å². The van der Waals surface area contributed by atoms with Crippen LogP contribution in [0.15, 0.2) is 0 Å². The lowest BCUT2D eigenvalue weighted by Gasteiger charge is -2.45. The fourth-order valence-corrected chi connectivity index (χ4v) is 3.98. The summed E-state index contributed by atoms with van der Waals surface area (Å²) in [6, 6.07) is 0. The molecule has 1 aliphatic rings. The molecule has 0 aromatic rings. The third kappa shape index (κ3) is 4.57. The summed E-state index contributed by atoms with van der Waals surface area (Å²) >= 11 is 0. The molecule has 0 radical (unpaired) electrons. The Morgan fingerprint density at radius 3 is 2.06 bits per heavy atom. The second kappa shape index (κ2) is 8.96. The largest absolute Gasteiger partial charge is 0.330 e. The minimum absolute atomic E-state index is 0.622. The minimum atomic E-state index is 0.622. The van der Waals surface area contributed by atoms with Crippen molar-refractivity contribution < 1.29 is 0 Å². The number of hydrogen-bond acceptors (Lipinski definition) is 1. The lowest BCUT2D eigenvalue weighted by atomic mass is 9.61. The van der Waals surface area contributed by atoms with E-state index < -0.39 is 0 Å². The summed E-state index contributed by atoms with van der Waals surface area (Å²) in [5.74, 6) is 0.819. The van der Waals surface area contributed by atoms with E-state index in [-0.39, 0.29) is 0 Å². The minimum Gasteiger partial charge on any atom is -0.330 e. The van der Waals surface area contributed by atoms with Gasteiger partial charge in [0.2, 0.25) is 0 Å². The molecule has 1 atom stereocenters. The van der Waals surface area contributed by atoms with Crippen molar-refractivity contribution in [3.8, 4) is 0 Å². The van der Waals surface area contributed by atoms with E-state index in [1.54, 1.807) is 0 Å². The molecule has 0 aromatic heterocycles. The maximum Gasteiger partial charge on any atom is -0.00436 e. The molecule has 2 N–H and O–H groups in total. The molecule has 108 valence electrons. The van der Waals surface area contributed by atoms with E-state index in [1.807, 2.05) is 0 Å². The first kappa shape index (κ1) is 16.0. The van der Waals surface area contributed by atoms with Crippen molar-refractivity contribution in [3.05, 3.63) is 0 Å². The zero-order valence-corrected chi connectivity index (χ0v) is 12.8. The zero-order chi connectivity index (χ0) is 13.3. The Bertz CT molecular complexity index is 190. The third-order valence-electron chi connectivity index (χ3n) is 5.18. The summed E-state index contributed by atoms with van der Waals surface area (Å²) < 4.78 is 0. The first-order chi connectivity index (χ1) is 8.79. The van der Waals surface area contributed by atoms with E-state index in [4.69, 9.17) is 5.73 Å². The van der Waals surface area contributed by atoms with Crippen molar-refractivity contribution in [1.82, 2.24) is 0 Å². The molecule has 0 saturated heterocycles. The van der Waals surface area contributed by atoms with Crippen LogP contribution in [0.5, 0.6) is 0 Å². The molecule has 1 heteroatoms. The molecule has 1 saturated carbocycles. The van der Waals surface area contributed by atoms with Crippen LogP contribution in [-0.2, 0) is 0 Å². The van der Waals surface area contributed by atoms with Crippen molar-refractivity contribution >= 4 is 0 Å². The smallest absolute Gasteiger partial charge is 0.00436 e.